The smallest absolute Gasteiger partial charge is 0.353 e. The van der Waals surface area contributed by atoms with Gasteiger partial charge in [0.05, 0.1) is 29.4 Å². The molecule has 2 atom stereocenters. The Kier molecular flexibility index (Phi) is 5.86. The SMILES string of the molecule is CCCNC(=S)Nc1cc(C2=NOC3(C(=O)OC)CCCC23)c(Cl)cc1F. The summed E-state index contributed by atoms with van der Waals surface area (Å²) in [4.78, 5) is 17.8. The minimum Gasteiger partial charge on any atom is -0.466 e. The number of nitrogens with one attached hydrogen (secondary N) is 2. The molecule has 0 bridgehead atoms. The second kappa shape index (κ2) is 7.98. The van der Waals surface area contributed by atoms with Gasteiger partial charge in [0.15, 0.2) is 5.11 Å². The average Bonchev–Trinajstić information content (AvgIpc) is 3.22. The first-order chi connectivity index (χ1) is 12.9. The Morgan fingerprint density at radius 3 is 3.04 bits per heavy atom. The van der Waals surface area contributed by atoms with Crippen molar-refractivity contribution < 1.29 is 18.8 Å². The lowest BCUT2D eigenvalue weighted by atomic mass is 9.84. The van der Waals surface area contributed by atoms with E-state index in [0.29, 0.717) is 35.8 Å². The van der Waals surface area contributed by atoms with Crippen molar-refractivity contribution in [2.75, 3.05) is 19.0 Å². The molecule has 1 fully saturated rings. The predicted molar refractivity (Wildman–Crippen MR) is 106 cm³/mol. The van der Waals surface area contributed by atoms with E-state index in [1.807, 2.05) is 6.92 Å². The van der Waals surface area contributed by atoms with Gasteiger partial charge in [0.2, 0.25) is 5.60 Å². The molecular weight excluding hydrogens is 393 g/mol. The summed E-state index contributed by atoms with van der Waals surface area (Å²) in [5.41, 5.74) is 0.0992. The first kappa shape index (κ1) is 19.8. The normalized spacial score (nSPS) is 23.3. The molecule has 1 aliphatic carbocycles. The number of methoxy groups -OCH3 is 1. The molecule has 9 heteroatoms. The van der Waals surface area contributed by atoms with Crippen LogP contribution in [0.5, 0.6) is 0 Å². The lowest BCUT2D eigenvalue weighted by Crippen LogP contribution is -2.43. The van der Waals surface area contributed by atoms with E-state index in [1.54, 1.807) is 6.07 Å². The van der Waals surface area contributed by atoms with E-state index in [0.717, 1.165) is 12.8 Å². The van der Waals surface area contributed by atoms with Crippen LogP contribution in [0.25, 0.3) is 0 Å². The number of carbonyl (C=O) groups excluding carboxylic acids is 1. The molecule has 0 spiro atoms. The van der Waals surface area contributed by atoms with Gasteiger partial charge in [-0.05, 0) is 43.6 Å². The van der Waals surface area contributed by atoms with Gasteiger partial charge in [0.1, 0.15) is 5.82 Å². The second-order valence-corrected chi connectivity index (χ2v) is 7.40. The highest BCUT2D eigenvalue weighted by Crippen LogP contribution is 2.47. The zero-order chi connectivity index (χ0) is 19.6. The number of hydrogen-bond donors (Lipinski definition) is 2. The summed E-state index contributed by atoms with van der Waals surface area (Å²) in [5, 5.41) is 10.5. The Morgan fingerprint density at radius 1 is 1.56 bits per heavy atom. The molecule has 1 heterocycles. The standard InChI is InChI=1S/C18H21ClFN3O3S/c1-3-7-21-17(27)22-14-8-10(12(19)9-13(14)20)15-11-5-4-6-18(11,26-23-15)16(24)25-2/h8-9,11H,3-7H2,1-2H3,(H2,21,22,27). The highest BCUT2D eigenvalue weighted by atomic mass is 35.5. The van der Waals surface area contributed by atoms with Crippen molar-refractivity contribution in [2.24, 2.45) is 11.1 Å². The topological polar surface area (TPSA) is 72.0 Å². The van der Waals surface area contributed by atoms with Gasteiger partial charge in [-0.3, -0.25) is 0 Å². The van der Waals surface area contributed by atoms with Crippen molar-refractivity contribution in [1.29, 1.82) is 0 Å². The van der Waals surface area contributed by atoms with Crippen molar-refractivity contribution in [1.82, 2.24) is 5.32 Å². The van der Waals surface area contributed by atoms with Crippen LogP contribution < -0.4 is 10.6 Å². The molecule has 2 aliphatic rings. The molecule has 27 heavy (non-hydrogen) atoms. The molecule has 1 aliphatic heterocycles. The number of rotatable bonds is 5. The Labute approximate surface area is 167 Å². The number of benzene rings is 1. The van der Waals surface area contributed by atoms with Crippen LogP contribution in [0.2, 0.25) is 5.02 Å². The lowest BCUT2D eigenvalue weighted by molar-refractivity contribution is -0.168. The van der Waals surface area contributed by atoms with Crippen molar-refractivity contribution in [3.8, 4) is 0 Å². The summed E-state index contributed by atoms with van der Waals surface area (Å²) in [6, 6.07) is 2.75. The zero-order valence-corrected chi connectivity index (χ0v) is 16.7. The number of ether oxygens (including phenoxy) is 1. The van der Waals surface area contributed by atoms with Crippen LogP contribution in [-0.2, 0) is 14.4 Å². The van der Waals surface area contributed by atoms with Crippen LogP contribution >= 0.6 is 23.8 Å². The van der Waals surface area contributed by atoms with Gasteiger partial charge in [0, 0.05) is 18.5 Å². The third kappa shape index (κ3) is 3.60. The fourth-order valence-corrected chi connectivity index (χ4v) is 4.03. The van der Waals surface area contributed by atoms with Crippen molar-refractivity contribution in [2.45, 2.75) is 38.2 Å². The van der Waals surface area contributed by atoms with Crippen LogP contribution in [0.1, 0.15) is 38.2 Å². The van der Waals surface area contributed by atoms with Crippen LogP contribution in [0.3, 0.4) is 0 Å². The van der Waals surface area contributed by atoms with Gasteiger partial charge in [-0.25, -0.2) is 9.18 Å². The Morgan fingerprint density at radius 2 is 2.33 bits per heavy atom. The number of halogens is 2. The number of esters is 1. The van der Waals surface area contributed by atoms with Gasteiger partial charge in [-0.2, -0.15) is 0 Å². The van der Waals surface area contributed by atoms with E-state index < -0.39 is 17.4 Å². The first-order valence-corrected chi connectivity index (χ1v) is 9.60. The summed E-state index contributed by atoms with van der Waals surface area (Å²) in [7, 11) is 1.32. The van der Waals surface area contributed by atoms with E-state index in [-0.39, 0.29) is 16.6 Å². The van der Waals surface area contributed by atoms with Gasteiger partial charge in [-0.1, -0.05) is 23.7 Å². The fraction of sp³-hybridized carbons (Fsp3) is 0.500. The Hall–Kier alpha value is -1.93. The molecule has 1 aromatic rings. The summed E-state index contributed by atoms with van der Waals surface area (Å²) in [6.45, 7) is 2.68. The molecule has 1 aromatic carbocycles. The van der Waals surface area contributed by atoms with Crippen LogP contribution in [-0.4, -0.2) is 36.0 Å². The zero-order valence-electron chi connectivity index (χ0n) is 15.1. The van der Waals surface area contributed by atoms with Gasteiger partial charge < -0.3 is 20.2 Å². The number of nitrogens with zero attached hydrogens (tertiary/aromatic N) is 1. The third-order valence-corrected chi connectivity index (χ3v) is 5.45. The molecule has 2 unspecified atom stereocenters. The van der Waals surface area contributed by atoms with Gasteiger partial charge >= 0.3 is 5.97 Å². The molecule has 6 nitrogen and oxygen atoms in total. The molecule has 0 saturated heterocycles. The van der Waals surface area contributed by atoms with E-state index in [9.17, 15) is 9.18 Å². The highest BCUT2D eigenvalue weighted by Gasteiger charge is 2.59. The van der Waals surface area contributed by atoms with Crippen molar-refractivity contribution in [3.05, 3.63) is 28.5 Å². The first-order valence-electron chi connectivity index (χ1n) is 8.81. The van der Waals surface area contributed by atoms with E-state index in [4.69, 9.17) is 33.4 Å². The summed E-state index contributed by atoms with van der Waals surface area (Å²) >= 11 is 11.5. The molecule has 0 aromatic heterocycles. The third-order valence-electron chi connectivity index (χ3n) is 4.89. The van der Waals surface area contributed by atoms with Crippen LogP contribution in [0.4, 0.5) is 10.1 Å². The summed E-state index contributed by atoms with van der Waals surface area (Å²) in [5.74, 6) is -1.27. The number of thiocarbonyl (C=S) groups is 1. The van der Waals surface area contributed by atoms with E-state index in [2.05, 4.69) is 15.8 Å². The summed E-state index contributed by atoms with van der Waals surface area (Å²) in [6.07, 6.45) is 2.92. The van der Waals surface area contributed by atoms with Crippen LogP contribution in [0.15, 0.2) is 17.3 Å². The number of fused-ring (bicyclic) bond motifs is 1. The van der Waals surface area contributed by atoms with Crippen molar-refractivity contribution >= 4 is 46.3 Å². The number of oxime groups is 1. The summed E-state index contributed by atoms with van der Waals surface area (Å²) < 4.78 is 19.3. The minimum absolute atomic E-state index is 0.180. The number of anilines is 1. The van der Waals surface area contributed by atoms with Crippen molar-refractivity contribution in [3.63, 3.8) is 0 Å². The lowest BCUT2D eigenvalue weighted by Gasteiger charge is -2.23. The van der Waals surface area contributed by atoms with E-state index >= 15 is 0 Å². The molecule has 0 radical (unpaired) electrons. The average molecular weight is 414 g/mol. The largest absolute Gasteiger partial charge is 0.466 e. The van der Waals surface area contributed by atoms with Gasteiger partial charge in [0.25, 0.3) is 0 Å². The molecule has 1 saturated carbocycles. The molecule has 0 amide bonds. The quantitative estimate of drug-likeness (QED) is 0.567. The molecule has 146 valence electrons. The minimum atomic E-state index is -1.12. The Balaban J connectivity index is 1.90. The second-order valence-electron chi connectivity index (χ2n) is 6.59. The highest BCUT2D eigenvalue weighted by molar-refractivity contribution is 7.80. The monoisotopic (exact) mass is 413 g/mol. The van der Waals surface area contributed by atoms with Crippen LogP contribution in [0, 0.1) is 11.7 Å². The van der Waals surface area contributed by atoms with E-state index in [1.165, 1.54) is 13.2 Å². The molecule has 2 N–H and O–H groups in total. The maximum atomic E-state index is 14.3. The van der Waals surface area contributed by atoms with Gasteiger partial charge in [-0.15, -0.1) is 0 Å². The maximum Gasteiger partial charge on any atom is 0.353 e. The number of carbonyl (C=O) groups is 1. The predicted octanol–water partition coefficient (Wildman–Crippen LogP) is 3.62. The Bertz CT molecular complexity index is 804. The fourth-order valence-electron chi connectivity index (χ4n) is 3.57. The number of hydrogen-bond acceptors (Lipinski definition) is 5. The maximum absolute atomic E-state index is 14.3. The molecule has 3 rings (SSSR count). The molecular formula is C18H21ClFN3O3S.